The molecule has 0 bridgehead atoms. The minimum absolute atomic E-state index is 0.0384. The summed E-state index contributed by atoms with van der Waals surface area (Å²) in [5, 5.41) is 6.05. The van der Waals surface area contributed by atoms with E-state index < -0.39 is 17.2 Å². The molecule has 2 N–H and O–H groups in total. The lowest BCUT2D eigenvalue weighted by molar-refractivity contribution is 0.0368. The van der Waals surface area contributed by atoms with Crippen molar-refractivity contribution >= 4 is 12.1 Å². The fraction of sp³-hybridized carbons (Fsp3) is 0.462. The Bertz CT molecular complexity index is 1030. The van der Waals surface area contributed by atoms with Gasteiger partial charge < -0.3 is 20.3 Å². The lowest BCUT2D eigenvalue weighted by atomic mass is 9.74. The molecule has 1 fully saturated rings. The number of hydrogen-bond acceptors (Lipinski definition) is 3. The first-order chi connectivity index (χ1) is 15.5. The van der Waals surface area contributed by atoms with Crippen molar-refractivity contribution in [2.75, 3.05) is 6.54 Å². The average molecular weight is 454 g/mol. The molecule has 0 aromatic heterocycles. The van der Waals surface area contributed by atoms with Gasteiger partial charge in [0.15, 0.2) is 0 Å². The quantitative estimate of drug-likeness (QED) is 0.692. The second kappa shape index (κ2) is 8.69. The third kappa shape index (κ3) is 5.29. The number of ether oxygens (including phenoxy) is 1. The van der Waals surface area contributed by atoms with Crippen LogP contribution in [0.15, 0.2) is 48.5 Å². The maximum absolute atomic E-state index is 13.6. The van der Waals surface area contributed by atoms with E-state index >= 15 is 0 Å². The average Bonchev–Trinajstić information content (AvgIpc) is 2.71. The molecule has 0 saturated heterocycles. The molecule has 2 aliphatic rings. The van der Waals surface area contributed by atoms with E-state index in [1.807, 2.05) is 50.8 Å². The molecule has 2 aromatic carbocycles. The van der Waals surface area contributed by atoms with Gasteiger partial charge in [0.2, 0.25) is 0 Å². The molecule has 0 unspecified atom stereocenters. The fourth-order valence-corrected chi connectivity index (χ4v) is 4.83. The van der Waals surface area contributed by atoms with Crippen LogP contribution in [0.4, 0.5) is 14.0 Å². The molecular formula is C26H32FN3O3. The van der Waals surface area contributed by atoms with Crippen molar-refractivity contribution in [2.45, 2.75) is 70.2 Å². The predicted molar refractivity (Wildman–Crippen MR) is 124 cm³/mol. The number of nitrogens with zero attached hydrogens (tertiary/aromatic N) is 1. The Morgan fingerprint density at radius 2 is 1.76 bits per heavy atom. The minimum Gasteiger partial charge on any atom is -0.444 e. The second-order valence-corrected chi connectivity index (χ2v) is 10.3. The van der Waals surface area contributed by atoms with Crippen LogP contribution in [-0.4, -0.2) is 40.8 Å². The van der Waals surface area contributed by atoms with Crippen molar-refractivity contribution in [1.82, 2.24) is 15.5 Å². The summed E-state index contributed by atoms with van der Waals surface area (Å²) in [6.45, 7) is 8.01. The van der Waals surface area contributed by atoms with Crippen molar-refractivity contribution in [3.8, 4) is 0 Å². The van der Waals surface area contributed by atoms with E-state index in [1.54, 1.807) is 12.1 Å². The number of carbonyl (C=O) groups is 2. The largest absolute Gasteiger partial charge is 0.444 e. The molecule has 6 nitrogen and oxygen atoms in total. The summed E-state index contributed by atoms with van der Waals surface area (Å²) >= 11 is 0. The Hall–Kier alpha value is -3.09. The molecule has 33 heavy (non-hydrogen) atoms. The van der Waals surface area contributed by atoms with Gasteiger partial charge in [0.05, 0.1) is 6.04 Å². The highest BCUT2D eigenvalue weighted by molar-refractivity contribution is 5.77. The van der Waals surface area contributed by atoms with Crippen molar-refractivity contribution in [3.05, 3.63) is 71.0 Å². The third-order valence-electron chi connectivity index (χ3n) is 6.25. The molecule has 1 aliphatic heterocycles. The first kappa shape index (κ1) is 23.1. The highest BCUT2D eigenvalue weighted by Crippen LogP contribution is 2.37. The maximum Gasteiger partial charge on any atom is 0.408 e. The van der Waals surface area contributed by atoms with Crippen molar-refractivity contribution in [3.63, 3.8) is 0 Å². The zero-order valence-corrected chi connectivity index (χ0v) is 19.7. The van der Waals surface area contributed by atoms with Crippen LogP contribution in [-0.2, 0) is 11.2 Å². The molecule has 2 aromatic rings. The first-order valence-electron chi connectivity index (χ1n) is 11.4. The third-order valence-corrected chi connectivity index (χ3v) is 6.25. The topological polar surface area (TPSA) is 70.7 Å². The molecule has 4 rings (SSSR count). The van der Waals surface area contributed by atoms with Gasteiger partial charge in [0, 0.05) is 18.1 Å². The summed E-state index contributed by atoms with van der Waals surface area (Å²) in [6.07, 6.45) is 1.58. The number of amides is 3. The number of alkyl carbamates (subject to hydrolysis) is 1. The van der Waals surface area contributed by atoms with Crippen molar-refractivity contribution < 1.29 is 18.7 Å². The van der Waals surface area contributed by atoms with E-state index in [4.69, 9.17) is 4.74 Å². The SMILES string of the molecule is CC(C)(C)OC(=O)N[C@]1(C)C[C@@H](NC(=O)N2CCc3ccccc3[C@@H]2c2ccc(F)cc2)C1. The number of urea groups is 1. The Morgan fingerprint density at radius 3 is 2.42 bits per heavy atom. The zero-order chi connectivity index (χ0) is 23.8. The van der Waals surface area contributed by atoms with Gasteiger partial charge >= 0.3 is 12.1 Å². The molecule has 7 heteroatoms. The standard InChI is InChI=1S/C26H32FN3O3/c1-25(2,3)33-24(32)29-26(4)15-20(16-26)28-23(31)30-14-13-17-7-5-6-8-21(17)22(30)18-9-11-19(27)12-10-18/h5-12,20,22H,13-16H2,1-4H3,(H,28,31)(H,29,32)/t20-,22-,26-/m0/s1. The van der Waals surface area contributed by atoms with Crippen LogP contribution in [0.5, 0.6) is 0 Å². The van der Waals surface area contributed by atoms with Crippen LogP contribution < -0.4 is 10.6 Å². The van der Waals surface area contributed by atoms with Gasteiger partial charge in [-0.3, -0.25) is 0 Å². The Balaban J connectivity index is 1.43. The molecular weight excluding hydrogens is 421 g/mol. The Labute approximate surface area is 194 Å². The number of carbonyl (C=O) groups excluding carboxylic acids is 2. The lowest BCUT2D eigenvalue weighted by Gasteiger charge is -2.47. The monoisotopic (exact) mass is 453 g/mol. The zero-order valence-electron chi connectivity index (χ0n) is 19.7. The van der Waals surface area contributed by atoms with Gasteiger partial charge in [0.1, 0.15) is 11.4 Å². The number of hydrogen-bond donors (Lipinski definition) is 2. The first-order valence-corrected chi connectivity index (χ1v) is 11.4. The van der Waals surface area contributed by atoms with E-state index in [0.717, 1.165) is 17.5 Å². The number of fused-ring (bicyclic) bond motifs is 1. The van der Waals surface area contributed by atoms with Crippen LogP contribution in [0, 0.1) is 5.82 Å². The smallest absolute Gasteiger partial charge is 0.408 e. The minimum atomic E-state index is -0.558. The Kier molecular flexibility index (Phi) is 6.08. The number of halogens is 1. The molecule has 0 radical (unpaired) electrons. The lowest BCUT2D eigenvalue weighted by Crippen LogP contribution is -2.63. The van der Waals surface area contributed by atoms with Crippen molar-refractivity contribution in [1.29, 1.82) is 0 Å². The summed E-state index contributed by atoms with van der Waals surface area (Å²) < 4.78 is 18.9. The second-order valence-electron chi connectivity index (χ2n) is 10.3. The highest BCUT2D eigenvalue weighted by atomic mass is 19.1. The predicted octanol–water partition coefficient (Wildman–Crippen LogP) is 4.93. The van der Waals surface area contributed by atoms with Crippen LogP contribution in [0.25, 0.3) is 0 Å². The number of rotatable bonds is 3. The summed E-state index contributed by atoms with van der Waals surface area (Å²) in [5.74, 6) is -0.301. The van der Waals surface area contributed by atoms with E-state index in [2.05, 4.69) is 16.7 Å². The summed E-state index contributed by atoms with van der Waals surface area (Å²) in [6, 6.07) is 14.0. The van der Waals surface area contributed by atoms with Crippen LogP contribution in [0.3, 0.4) is 0 Å². The van der Waals surface area contributed by atoms with Gasteiger partial charge in [-0.1, -0.05) is 36.4 Å². The summed E-state index contributed by atoms with van der Waals surface area (Å²) in [4.78, 5) is 27.3. The van der Waals surface area contributed by atoms with Gasteiger partial charge in [-0.25, -0.2) is 14.0 Å². The van der Waals surface area contributed by atoms with Crippen LogP contribution in [0.2, 0.25) is 0 Å². The van der Waals surface area contributed by atoms with Gasteiger partial charge in [-0.2, -0.15) is 0 Å². The molecule has 1 heterocycles. The summed E-state index contributed by atoms with van der Waals surface area (Å²) in [5.41, 5.74) is 2.18. The normalized spacial score (nSPS) is 24.3. The highest BCUT2D eigenvalue weighted by Gasteiger charge is 2.44. The molecule has 1 saturated carbocycles. The number of benzene rings is 2. The van der Waals surface area contributed by atoms with Crippen LogP contribution >= 0.6 is 0 Å². The van der Waals surface area contributed by atoms with E-state index in [0.29, 0.717) is 19.4 Å². The van der Waals surface area contributed by atoms with Crippen LogP contribution in [0.1, 0.15) is 63.3 Å². The van der Waals surface area contributed by atoms with Gasteiger partial charge in [-0.05, 0) is 75.8 Å². The molecule has 1 atom stereocenters. The summed E-state index contributed by atoms with van der Waals surface area (Å²) in [7, 11) is 0. The fourth-order valence-electron chi connectivity index (χ4n) is 4.83. The van der Waals surface area contributed by atoms with E-state index in [-0.39, 0.29) is 23.9 Å². The van der Waals surface area contributed by atoms with Gasteiger partial charge in [0.25, 0.3) is 0 Å². The number of nitrogens with one attached hydrogen (secondary N) is 2. The molecule has 176 valence electrons. The molecule has 1 aliphatic carbocycles. The van der Waals surface area contributed by atoms with E-state index in [1.165, 1.54) is 17.7 Å². The van der Waals surface area contributed by atoms with E-state index in [9.17, 15) is 14.0 Å². The maximum atomic E-state index is 13.6. The molecule has 0 spiro atoms. The Morgan fingerprint density at radius 1 is 1.09 bits per heavy atom. The molecule has 3 amide bonds. The van der Waals surface area contributed by atoms with Crippen molar-refractivity contribution in [2.24, 2.45) is 0 Å². The van der Waals surface area contributed by atoms with Gasteiger partial charge in [-0.15, -0.1) is 0 Å².